The third-order valence-corrected chi connectivity index (χ3v) is 6.36. The van der Waals surface area contributed by atoms with E-state index in [1.807, 2.05) is 18.2 Å². The number of carbonyl (C=O) groups is 1. The lowest BCUT2D eigenvalue weighted by Crippen LogP contribution is -2.36. The van der Waals surface area contributed by atoms with Crippen molar-refractivity contribution in [2.24, 2.45) is 0 Å². The molecule has 2 rings (SSSR count). The maximum Gasteiger partial charge on any atom is 0.319 e. The Hall–Kier alpha value is -1.60. The summed E-state index contributed by atoms with van der Waals surface area (Å²) in [5.74, 6) is 0.0527. The molecule has 0 aromatic heterocycles. The van der Waals surface area contributed by atoms with Crippen LogP contribution in [0.2, 0.25) is 0 Å². The van der Waals surface area contributed by atoms with Gasteiger partial charge in [-0.25, -0.2) is 13.2 Å². The molecule has 2 amide bonds. The average molecular weight is 368 g/mol. The molecule has 2 N–H and O–H groups in total. The summed E-state index contributed by atoms with van der Waals surface area (Å²) in [4.78, 5) is 14.4. The minimum Gasteiger partial charge on any atom is -0.337 e. The van der Waals surface area contributed by atoms with Gasteiger partial charge in [0.2, 0.25) is 0 Å². The molecule has 0 radical (unpaired) electrons. The second-order valence-corrected chi connectivity index (χ2v) is 9.11. The number of likely N-dealkylation sites (tertiary alicyclic amines) is 1. The van der Waals surface area contributed by atoms with Crippen LogP contribution in [0.15, 0.2) is 24.3 Å². The number of nitrogens with zero attached hydrogens (tertiary/aromatic N) is 1. The smallest absolute Gasteiger partial charge is 0.319 e. The van der Waals surface area contributed by atoms with Crippen LogP contribution in [-0.2, 0) is 16.4 Å². The normalized spacial score (nSPS) is 18.7. The van der Waals surface area contributed by atoms with Gasteiger partial charge in [0.05, 0.1) is 5.75 Å². The molecule has 25 heavy (non-hydrogen) atoms. The van der Waals surface area contributed by atoms with Crippen molar-refractivity contribution in [3.8, 4) is 0 Å². The van der Waals surface area contributed by atoms with E-state index >= 15 is 0 Å². The van der Waals surface area contributed by atoms with Gasteiger partial charge in [0.1, 0.15) is 0 Å². The maximum absolute atomic E-state index is 11.9. The summed E-state index contributed by atoms with van der Waals surface area (Å²) in [6.07, 6.45) is 3.78. The molecule has 0 bridgehead atoms. The van der Waals surface area contributed by atoms with Crippen LogP contribution < -0.4 is 10.6 Å². The molecule has 1 saturated heterocycles. The summed E-state index contributed by atoms with van der Waals surface area (Å²) >= 11 is 0. The molecular weight excluding hydrogens is 338 g/mol. The van der Waals surface area contributed by atoms with Crippen molar-refractivity contribution >= 4 is 21.6 Å². The lowest BCUT2D eigenvalue weighted by atomic mass is 10.0. The van der Waals surface area contributed by atoms with Gasteiger partial charge < -0.3 is 10.6 Å². The Bertz CT molecular complexity index is 676. The highest BCUT2D eigenvalue weighted by Crippen LogP contribution is 2.20. The molecule has 0 aliphatic carbocycles. The van der Waals surface area contributed by atoms with Crippen LogP contribution in [0.4, 0.5) is 10.5 Å². The molecule has 1 aliphatic rings. The summed E-state index contributed by atoms with van der Waals surface area (Å²) < 4.78 is 22.8. The molecule has 1 aromatic rings. The fourth-order valence-electron chi connectivity index (χ4n) is 3.01. The van der Waals surface area contributed by atoms with Crippen molar-refractivity contribution in [3.05, 3.63) is 29.8 Å². The van der Waals surface area contributed by atoms with E-state index in [1.165, 1.54) is 24.8 Å². The van der Waals surface area contributed by atoms with E-state index in [-0.39, 0.29) is 24.1 Å². The summed E-state index contributed by atoms with van der Waals surface area (Å²) in [6, 6.07) is 8.03. The predicted molar refractivity (Wildman–Crippen MR) is 102 cm³/mol. The highest BCUT2D eigenvalue weighted by molar-refractivity contribution is 7.91. The molecule has 1 aromatic carbocycles. The van der Waals surface area contributed by atoms with Gasteiger partial charge in [-0.15, -0.1) is 0 Å². The van der Waals surface area contributed by atoms with Crippen LogP contribution in [0.3, 0.4) is 0 Å². The zero-order valence-electron chi connectivity index (χ0n) is 15.1. The summed E-state index contributed by atoms with van der Waals surface area (Å²) in [5, 5.41) is 5.36. The molecular formula is C18H29N3O3S. The highest BCUT2D eigenvalue weighted by Gasteiger charge is 2.18. The molecule has 0 spiro atoms. The van der Waals surface area contributed by atoms with Gasteiger partial charge in [0.15, 0.2) is 9.84 Å². The number of sulfone groups is 1. The van der Waals surface area contributed by atoms with Crippen molar-refractivity contribution in [1.82, 2.24) is 10.2 Å². The second kappa shape index (κ2) is 9.20. The molecule has 7 heteroatoms. The Morgan fingerprint density at radius 2 is 2.12 bits per heavy atom. The van der Waals surface area contributed by atoms with E-state index in [0.717, 1.165) is 18.8 Å². The van der Waals surface area contributed by atoms with Crippen LogP contribution in [0, 0.1) is 0 Å². The predicted octanol–water partition coefficient (Wildman–Crippen LogP) is 2.62. The summed E-state index contributed by atoms with van der Waals surface area (Å²) in [5.41, 5.74) is 1.89. The van der Waals surface area contributed by atoms with Crippen molar-refractivity contribution < 1.29 is 13.2 Å². The van der Waals surface area contributed by atoms with Gasteiger partial charge in [-0.05, 0) is 44.0 Å². The number of urea groups is 1. The summed E-state index contributed by atoms with van der Waals surface area (Å²) in [7, 11) is -3.06. The van der Waals surface area contributed by atoms with Gasteiger partial charge >= 0.3 is 6.03 Å². The third-order valence-electron chi connectivity index (χ3n) is 4.65. The number of nitrogens with one attached hydrogen (secondary N) is 2. The standard InChI is InChI=1S/C18H29N3O3S/c1-3-25(23,24)12-10-19-18(22)20-17-9-6-8-16(13-17)14-21-11-5-4-7-15(21)2/h6,8-9,13,15H,3-5,7,10-12,14H2,1-2H3,(H2,19,20,22). The first-order valence-corrected chi connectivity index (χ1v) is 10.8. The first-order valence-electron chi connectivity index (χ1n) is 8.98. The maximum atomic E-state index is 11.9. The molecule has 6 nitrogen and oxygen atoms in total. The number of anilines is 1. The minimum absolute atomic E-state index is 0.0379. The quantitative estimate of drug-likeness (QED) is 0.776. The number of piperidine rings is 1. The fraction of sp³-hybridized carbons (Fsp3) is 0.611. The Morgan fingerprint density at radius 1 is 1.32 bits per heavy atom. The van der Waals surface area contributed by atoms with Crippen LogP contribution in [-0.4, -0.2) is 50.0 Å². The van der Waals surface area contributed by atoms with Crippen molar-refractivity contribution in [1.29, 1.82) is 0 Å². The average Bonchev–Trinajstić information content (AvgIpc) is 2.57. The first kappa shape index (κ1) is 19.7. The van der Waals surface area contributed by atoms with Crippen molar-refractivity contribution in [2.45, 2.75) is 45.7 Å². The lowest BCUT2D eigenvalue weighted by Gasteiger charge is -2.33. The van der Waals surface area contributed by atoms with E-state index in [2.05, 4.69) is 28.5 Å². The van der Waals surface area contributed by atoms with Crippen molar-refractivity contribution in [3.63, 3.8) is 0 Å². The largest absolute Gasteiger partial charge is 0.337 e. The number of amides is 2. The van der Waals surface area contributed by atoms with Gasteiger partial charge in [0, 0.05) is 30.6 Å². The number of hydrogen-bond acceptors (Lipinski definition) is 4. The van der Waals surface area contributed by atoms with E-state index in [4.69, 9.17) is 0 Å². The monoisotopic (exact) mass is 367 g/mol. The van der Waals surface area contributed by atoms with Gasteiger partial charge in [0.25, 0.3) is 0 Å². The van der Waals surface area contributed by atoms with Crippen LogP contribution >= 0.6 is 0 Å². The Balaban J connectivity index is 1.85. The van der Waals surface area contributed by atoms with Gasteiger partial charge in [-0.3, -0.25) is 4.90 Å². The number of carbonyl (C=O) groups excluding carboxylic acids is 1. The van der Waals surface area contributed by atoms with E-state index in [1.54, 1.807) is 6.92 Å². The highest BCUT2D eigenvalue weighted by atomic mass is 32.2. The molecule has 1 unspecified atom stereocenters. The molecule has 1 heterocycles. The third kappa shape index (κ3) is 6.66. The van der Waals surface area contributed by atoms with E-state index < -0.39 is 9.84 Å². The Labute approximate surface area is 150 Å². The molecule has 140 valence electrons. The van der Waals surface area contributed by atoms with Crippen LogP contribution in [0.5, 0.6) is 0 Å². The Kier molecular flexibility index (Phi) is 7.25. The fourth-order valence-corrected chi connectivity index (χ4v) is 3.72. The van der Waals surface area contributed by atoms with Crippen LogP contribution in [0.25, 0.3) is 0 Å². The number of rotatable bonds is 7. The summed E-state index contributed by atoms with van der Waals surface area (Å²) in [6.45, 7) is 5.98. The SMILES string of the molecule is CCS(=O)(=O)CCNC(=O)Nc1cccc(CN2CCCCC2C)c1. The van der Waals surface area contributed by atoms with E-state index in [0.29, 0.717) is 6.04 Å². The van der Waals surface area contributed by atoms with Gasteiger partial charge in [-0.1, -0.05) is 25.5 Å². The lowest BCUT2D eigenvalue weighted by molar-refractivity contribution is 0.152. The second-order valence-electron chi connectivity index (χ2n) is 6.63. The minimum atomic E-state index is -3.06. The Morgan fingerprint density at radius 3 is 2.84 bits per heavy atom. The van der Waals surface area contributed by atoms with Crippen LogP contribution in [0.1, 0.15) is 38.7 Å². The zero-order chi connectivity index (χ0) is 18.3. The van der Waals surface area contributed by atoms with Crippen molar-refractivity contribution in [2.75, 3.05) is 29.9 Å². The molecule has 1 aliphatic heterocycles. The number of benzene rings is 1. The molecule has 0 saturated carbocycles. The van der Waals surface area contributed by atoms with Gasteiger partial charge in [-0.2, -0.15) is 0 Å². The van der Waals surface area contributed by atoms with E-state index in [9.17, 15) is 13.2 Å². The first-order chi connectivity index (χ1) is 11.9. The number of hydrogen-bond donors (Lipinski definition) is 2. The molecule has 1 atom stereocenters. The zero-order valence-corrected chi connectivity index (χ0v) is 15.9. The molecule has 1 fully saturated rings. The topological polar surface area (TPSA) is 78.5 Å².